The highest BCUT2D eigenvalue weighted by Crippen LogP contribution is 2.37. The monoisotopic (exact) mass is 904 g/mol. The summed E-state index contributed by atoms with van der Waals surface area (Å²) in [5.74, 6) is -6.70. The van der Waals surface area contributed by atoms with Crippen molar-refractivity contribution in [1.82, 2.24) is 0 Å². The Labute approximate surface area is 388 Å². The van der Waals surface area contributed by atoms with Crippen LogP contribution in [0.5, 0.6) is 11.5 Å². The van der Waals surface area contributed by atoms with Crippen molar-refractivity contribution >= 4 is 104 Å². The molecule has 0 radical (unpaired) electrons. The SMILES string of the molecule is BCc1cc(CB)c(CC(=O)c2cc(C(=O)OC(C)(CS(=O)(=O)O)C(F)(F)F)c(C(=O)Oc3c(CB)cc(CB)cc3CB)cc2C(=O)Oc2c(CB)cc(CB)cc2CB)c(CB)c1. The number of esters is 3. The molecule has 0 aliphatic rings. The number of rotatable bonds is 20. The van der Waals surface area contributed by atoms with Crippen LogP contribution in [-0.4, -0.2) is 125 Å². The number of ether oxygens (including phenoxy) is 3. The number of halogens is 3. The minimum absolute atomic E-state index is 0.137. The fourth-order valence-electron chi connectivity index (χ4n) is 7.97. The second-order valence-corrected chi connectivity index (χ2v) is 17.7. The molecule has 1 unspecified atom stereocenters. The Balaban J connectivity index is 2.11. The predicted octanol–water partition coefficient (Wildman–Crippen LogP) is -1.89. The van der Waals surface area contributed by atoms with E-state index in [0.29, 0.717) is 78.4 Å². The lowest BCUT2D eigenvalue weighted by molar-refractivity contribution is -0.243. The topological polar surface area (TPSA) is 150 Å². The number of hydrogen-bond donors (Lipinski definition) is 1. The smallest absolute Gasteiger partial charge is 0.429 e. The largest absolute Gasteiger partial charge is 0.445 e. The van der Waals surface area contributed by atoms with Crippen LogP contribution in [0.4, 0.5) is 13.2 Å². The quantitative estimate of drug-likeness (QED) is 0.0351. The lowest BCUT2D eigenvalue weighted by Gasteiger charge is -2.30. The molecule has 0 amide bonds. The number of ketones is 1. The molecule has 0 saturated carbocycles. The summed E-state index contributed by atoms with van der Waals surface area (Å²) >= 11 is 0. The van der Waals surface area contributed by atoms with Crippen LogP contribution in [0, 0.1) is 0 Å². The minimum atomic E-state index is -5.56. The van der Waals surface area contributed by atoms with Gasteiger partial charge in [0.25, 0.3) is 10.1 Å². The van der Waals surface area contributed by atoms with E-state index < -0.39 is 73.6 Å². The Bertz CT molecular complexity index is 2520. The van der Waals surface area contributed by atoms with E-state index in [-0.39, 0.29) is 24.8 Å². The maximum Gasteiger partial charge on any atom is 0.429 e. The Morgan fingerprint density at radius 1 is 0.523 bits per heavy atom. The molecule has 0 aromatic heterocycles. The van der Waals surface area contributed by atoms with Crippen molar-refractivity contribution in [3.63, 3.8) is 0 Å². The van der Waals surface area contributed by atoms with Gasteiger partial charge in [0.1, 0.15) is 87.9 Å². The maximum atomic E-state index is 14.9. The number of alkyl halides is 3. The fraction of sp³-hybridized carbons (Fsp3) is 0.333. The van der Waals surface area contributed by atoms with Gasteiger partial charge in [0.15, 0.2) is 5.78 Å². The summed E-state index contributed by atoms with van der Waals surface area (Å²) in [6.45, 7) is 0.254. The number of benzene rings is 4. The Morgan fingerprint density at radius 3 is 1.17 bits per heavy atom. The number of carbonyl (C=O) groups excluding carboxylic acids is 4. The molecule has 10 nitrogen and oxygen atoms in total. The van der Waals surface area contributed by atoms with Crippen LogP contribution in [0.15, 0.2) is 48.5 Å². The van der Waals surface area contributed by atoms with Gasteiger partial charge in [0, 0.05) is 12.0 Å². The Morgan fingerprint density at radius 2 is 0.846 bits per heavy atom. The van der Waals surface area contributed by atoms with Crippen LogP contribution >= 0.6 is 0 Å². The third-order valence-corrected chi connectivity index (χ3v) is 12.7. The summed E-state index contributed by atoms with van der Waals surface area (Å²) < 4.78 is 94.3. The van der Waals surface area contributed by atoms with Crippen molar-refractivity contribution in [1.29, 1.82) is 0 Å². The molecule has 0 fully saturated rings. The van der Waals surface area contributed by atoms with E-state index in [0.717, 1.165) is 46.3 Å². The van der Waals surface area contributed by atoms with Gasteiger partial charge in [-0.05, 0) is 46.9 Å². The molecular formula is C42H52B9F3O10S. The van der Waals surface area contributed by atoms with Gasteiger partial charge in [-0.1, -0.05) is 121 Å². The maximum absolute atomic E-state index is 14.9. The van der Waals surface area contributed by atoms with Crippen LogP contribution in [-0.2, 0) is 78.2 Å². The van der Waals surface area contributed by atoms with Crippen molar-refractivity contribution < 1.29 is 59.5 Å². The molecule has 0 spiro atoms. The van der Waals surface area contributed by atoms with E-state index >= 15 is 0 Å². The molecule has 1 atom stereocenters. The summed E-state index contributed by atoms with van der Waals surface area (Å²) in [5, 5.41) is 0. The number of hydrogen-bond acceptors (Lipinski definition) is 9. The van der Waals surface area contributed by atoms with Gasteiger partial charge in [0.2, 0.25) is 5.60 Å². The zero-order chi connectivity index (χ0) is 48.6. The van der Waals surface area contributed by atoms with Crippen molar-refractivity contribution in [3.8, 4) is 11.5 Å². The van der Waals surface area contributed by atoms with Gasteiger partial charge < -0.3 is 14.2 Å². The average molecular weight is 903 g/mol. The van der Waals surface area contributed by atoms with Crippen molar-refractivity contribution in [2.24, 2.45) is 0 Å². The molecule has 0 bridgehead atoms. The average Bonchev–Trinajstić information content (AvgIpc) is 3.27. The lowest BCUT2D eigenvalue weighted by Crippen LogP contribution is -2.51. The Kier molecular flexibility index (Phi) is 18.0. The molecule has 4 rings (SSSR count). The molecule has 0 aliphatic carbocycles. The molecule has 4 aromatic carbocycles. The molecule has 0 saturated heterocycles. The normalized spacial score (nSPS) is 12.6. The summed E-state index contributed by atoms with van der Waals surface area (Å²) in [4.78, 5) is 58.5. The van der Waals surface area contributed by atoms with Crippen molar-refractivity contribution in [3.05, 3.63) is 126 Å². The molecular weight excluding hydrogens is 851 g/mol. The summed E-state index contributed by atoms with van der Waals surface area (Å²) in [6, 6.07) is 13.1. The Hall–Kier alpha value is -4.76. The fourth-order valence-corrected chi connectivity index (χ4v) is 8.89. The van der Waals surface area contributed by atoms with E-state index in [1.807, 2.05) is 107 Å². The van der Waals surface area contributed by atoms with Gasteiger partial charge in [0.05, 0.1) is 16.7 Å². The number of carbonyl (C=O) groups is 4. The summed E-state index contributed by atoms with van der Waals surface area (Å²) in [7, 11) is 11.8. The molecule has 0 heterocycles. The summed E-state index contributed by atoms with van der Waals surface area (Å²) in [5.41, 5.74) is 1.50. The van der Waals surface area contributed by atoms with Crippen LogP contribution in [0.25, 0.3) is 0 Å². The first-order chi connectivity index (χ1) is 30.5. The molecule has 23 heteroatoms. The predicted molar refractivity (Wildman–Crippen MR) is 270 cm³/mol. The van der Waals surface area contributed by atoms with E-state index in [4.69, 9.17) is 14.2 Å². The molecule has 65 heavy (non-hydrogen) atoms. The van der Waals surface area contributed by atoms with E-state index in [9.17, 15) is 45.3 Å². The van der Waals surface area contributed by atoms with Crippen LogP contribution in [0.3, 0.4) is 0 Å². The third kappa shape index (κ3) is 12.4. The van der Waals surface area contributed by atoms with Crippen molar-refractivity contribution in [2.75, 3.05) is 5.75 Å². The van der Waals surface area contributed by atoms with Gasteiger partial charge >= 0.3 is 24.1 Å². The first-order valence-corrected chi connectivity index (χ1v) is 24.0. The van der Waals surface area contributed by atoms with Crippen molar-refractivity contribution in [2.45, 2.75) is 82.0 Å². The van der Waals surface area contributed by atoms with Crippen LogP contribution < -0.4 is 9.47 Å². The summed E-state index contributed by atoms with van der Waals surface area (Å²) in [6.07, 6.45) is -0.985. The van der Waals surface area contributed by atoms with E-state index in [1.54, 1.807) is 0 Å². The molecule has 334 valence electrons. The first-order valence-electron chi connectivity index (χ1n) is 22.4. The zero-order valence-corrected chi connectivity index (χ0v) is 39.9. The first kappa shape index (κ1) is 52.9. The minimum Gasteiger partial charge on any atom is -0.445 e. The zero-order valence-electron chi connectivity index (χ0n) is 39.1. The van der Waals surface area contributed by atoms with Crippen LogP contribution in [0.2, 0.25) is 0 Å². The number of Topliss-reactive ketones (excluding diaryl/α,β-unsaturated/α-hetero) is 1. The second-order valence-electron chi connectivity index (χ2n) is 16.2. The molecule has 0 aliphatic heterocycles. The van der Waals surface area contributed by atoms with Crippen LogP contribution in [0.1, 0.15) is 104 Å². The lowest BCUT2D eigenvalue weighted by atomic mass is 9.80. The third-order valence-electron chi connectivity index (χ3n) is 11.8. The van der Waals surface area contributed by atoms with Gasteiger partial charge in [-0.15, -0.1) is 0 Å². The second kappa shape index (κ2) is 22.2. The molecule has 1 N–H and O–H groups in total. The molecule has 4 aromatic rings. The van der Waals surface area contributed by atoms with E-state index in [2.05, 4.69) is 0 Å². The van der Waals surface area contributed by atoms with Gasteiger partial charge in [-0.3, -0.25) is 9.35 Å². The standard InChI is InChI=1S/C42H52B9F3O10S/c1-41(42(52,53)54,20-65(59,60)61)64-40(58)34-8-31(35(55)10-30-24(14-46)2-21(11-43)3-25(30)15-47)32(38(56)62-36-26(16-48)4-22(12-44)5-27(36)17-49)9-33(34)39(57)63-37-28(18-50)6-23(13-45)7-29(37)19-51/h2-9H,10-20,43-51H2,1H3,(H,59,60,61). The highest BCUT2D eigenvalue weighted by molar-refractivity contribution is 7.85. The highest BCUT2D eigenvalue weighted by atomic mass is 32.2. The van der Waals surface area contributed by atoms with Gasteiger partial charge in [-0.25, -0.2) is 14.4 Å². The van der Waals surface area contributed by atoms with E-state index in [1.165, 1.54) is 0 Å². The van der Waals surface area contributed by atoms with Gasteiger partial charge in [-0.2, -0.15) is 21.6 Å². The highest BCUT2D eigenvalue weighted by Gasteiger charge is 2.57.